The van der Waals surface area contributed by atoms with Crippen LogP contribution in [0.5, 0.6) is 0 Å². The number of nitrogens with one attached hydrogen (secondary N) is 1. The summed E-state index contributed by atoms with van der Waals surface area (Å²) in [5.74, 6) is 0. The molecule has 0 spiro atoms. The maximum atomic E-state index is 12.5. The summed E-state index contributed by atoms with van der Waals surface area (Å²) in [6.45, 7) is 6.13. The normalized spacial score (nSPS) is 11.8. The van der Waals surface area contributed by atoms with Gasteiger partial charge in [-0.2, -0.15) is 0 Å². The summed E-state index contributed by atoms with van der Waals surface area (Å²) in [7, 11) is -3.57. The maximum absolute atomic E-state index is 12.5. The molecule has 1 aromatic carbocycles. The van der Waals surface area contributed by atoms with Gasteiger partial charge in [0.2, 0.25) is 10.0 Å². The average Bonchev–Trinajstić information content (AvgIpc) is 2.84. The van der Waals surface area contributed by atoms with Crippen LogP contribution in [0.2, 0.25) is 0 Å². The Hall–Kier alpha value is -1.28. The van der Waals surface area contributed by atoms with Gasteiger partial charge in [0.15, 0.2) is 0 Å². The molecule has 2 rings (SSSR count). The average molecular weight is 325 g/mol. The van der Waals surface area contributed by atoms with Crippen LogP contribution in [-0.2, 0) is 23.1 Å². The monoisotopic (exact) mass is 325 g/mol. The first kappa shape index (κ1) is 16.1. The fraction of sp³-hybridized carbons (Fsp3) is 0.357. The van der Waals surface area contributed by atoms with E-state index in [1.54, 1.807) is 11.6 Å². The number of nitrogens with two attached hydrogens (primary N) is 1. The van der Waals surface area contributed by atoms with Crippen LogP contribution in [0.15, 0.2) is 22.5 Å². The molecule has 0 amide bonds. The van der Waals surface area contributed by atoms with Gasteiger partial charge in [-0.3, -0.25) is 0 Å². The van der Waals surface area contributed by atoms with Gasteiger partial charge in [0, 0.05) is 18.0 Å². The van der Waals surface area contributed by atoms with Crippen molar-refractivity contribution in [3.8, 4) is 0 Å². The Morgan fingerprint density at radius 1 is 1.29 bits per heavy atom. The second-order valence-electron chi connectivity index (χ2n) is 4.93. The van der Waals surface area contributed by atoms with Crippen LogP contribution in [-0.4, -0.2) is 13.4 Å². The Kier molecular flexibility index (Phi) is 4.77. The lowest BCUT2D eigenvalue weighted by molar-refractivity contribution is 0.580. The Morgan fingerprint density at radius 2 is 2.00 bits per heavy atom. The highest BCUT2D eigenvalue weighted by Gasteiger charge is 2.19. The van der Waals surface area contributed by atoms with Crippen LogP contribution in [0.3, 0.4) is 0 Å². The summed E-state index contributed by atoms with van der Waals surface area (Å²) in [5.41, 5.74) is 10.7. The standard InChI is InChI=1S/C14H19N3O2S2/c1-9-4-12(6-15)5-14(10(9)2)21(18,19)17-7-13-11(3)16-8-20-13/h4-5,8,17H,6-7,15H2,1-3H3. The minimum Gasteiger partial charge on any atom is -0.326 e. The molecule has 0 saturated heterocycles. The van der Waals surface area contributed by atoms with Gasteiger partial charge in [0.05, 0.1) is 16.1 Å². The Balaban J connectivity index is 2.31. The molecule has 0 saturated carbocycles. The minimum absolute atomic E-state index is 0.254. The highest BCUT2D eigenvalue weighted by atomic mass is 32.2. The number of aromatic nitrogens is 1. The molecule has 1 heterocycles. The van der Waals surface area contributed by atoms with E-state index in [1.165, 1.54) is 11.3 Å². The summed E-state index contributed by atoms with van der Waals surface area (Å²) >= 11 is 1.44. The van der Waals surface area contributed by atoms with E-state index >= 15 is 0 Å². The molecular weight excluding hydrogens is 306 g/mol. The number of nitrogens with zero attached hydrogens (tertiary/aromatic N) is 1. The highest BCUT2D eigenvalue weighted by molar-refractivity contribution is 7.89. The fourth-order valence-electron chi connectivity index (χ4n) is 2.03. The van der Waals surface area contributed by atoms with Gasteiger partial charge in [0.25, 0.3) is 0 Å². The largest absolute Gasteiger partial charge is 0.326 e. The van der Waals surface area contributed by atoms with Crippen molar-refractivity contribution in [2.75, 3.05) is 0 Å². The quantitative estimate of drug-likeness (QED) is 0.880. The van der Waals surface area contributed by atoms with Crippen LogP contribution >= 0.6 is 11.3 Å². The van der Waals surface area contributed by atoms with Crippen molar-refractivity contribution >= 4 is 21.4 Å². The first-order valence-electron chi connectivity index (χ1n) is 6.54. The molecule has 0 aliphatic heterocycles. The van der Waals surface area contributed by atoms with Crippen molar-refractivity contribution in [1.82, 2.24) is 9.71 Å². The summed E-state index contributed by atoms with van der Waals surface area (Å²) in [5, 5.41) is 0. The van der Waals surface area contributed by atoms with Crippen molar-refractivity contribution < 1.29 is 8.42 Å². The number of hydrogen-bond acceptors (Lipinski definition) is 5. The van der Waals surface area contributed by atoms with Crippen LogP contribution in [0, 0.1) is 20.8 Å². The van der Waals surface area contributed by atoms with Gasteiger partial charge in [-0.25, -0.2) is 18.1 Å². The van der Waals surface area contributed by atoms with E-state index in [-0.39, 0.29) is 6.54 Å². The van der Waals surface area contributed by atoms with E-state index in [2.05, 4.69) is 9.71 Å². The van der Waals surface area contributed by atoms with Crippen LogP contribution in [0.4, 0.5) is 0 Å². The van der Waals surface area contributed by atoms with E-state index in [0.717, 1.165) is 27.3 Å². The zero-order valence-electron chi connectivity index (χ0n) is 12.3. The number of thiazole rings is 1. The van der Waals surface area contributed by atoms with Crippen molar-refractivity contribution in [3.63, 3.8) is 0 Å². The van der Waals surface area contributed by atoms with E-state index in [1.807, 2.05) is 26.8 Å². The Morgan fingerprint density at radius 3 is 2.57 bits per heavy atom. The molecule has 0 aliphatic rings. The molecular formula is C14H19N3O2S2. The molecule has 0 bridgehead atoms. The molecule has 1 aromatic heterocycles. The van der Waals surface area contributed by atoms with Crippen molar-refractivity contribution in [2.45, 2.75) is 38.8 Å². The molecule has 7 heteroatoms. The maximum Gasteiger partial charge on any atom is 0.241 e. The highest BCUT2D eigenvalue weighted by Crippen LogP contribution is 2.22. The predicted molar refractivity (Wildman–Crippen MR) is 84.7 cm³/mol. The zero-order chi connectivity index (χ0) is 15.6. The second-order valence-corrected chi connectivity index (χ2v) is 7.60. The van der Waals surface area contributed by atoms with Gasteiger partial charge in [-0.15, -0.1) is 11.3 Å². The fourth-order valence-corrected chi connectivity index (χ4v) is 4.20. The third-order valence-electron chi connectivity index (χ3n) is 3.47. The van der Waals surface area contributed by atoms with Crippen molar-refractivity contribution in [2.24, 2.45) is 5.73 Å². The third kappa shape index (κ3) is 3.49. The molecule has 0 fully saturated rings. The second kappa shape index (κ2) is 6.23. The summed E-state index contributed by atoms with van der Waals surface area (Å²) < 4.78 is 27.7. The van der Waals surface area contributed by atoms with Gasteiger partial charge in [-0.05, 0) is 43.5 Å². The number of hydrogen-bond donors (Lipinski definition) is 2. The lowest BCUT2D eigenvalue weighted by atomic mass is 10.1. The van der Waals surface area contributed by atoms with Crippen LogP contribution < -0.4 is 10.5 Å². The smallest absolute Gasteiger partial charge is 0.241 e. The van der Waals surface area contributed by atoms with Crippen molar-refractivity contribution in [3.05, 3.63) is 44.9 Å². The van der Waals surface area contributed by atoms with Gasteiger partial charge in [0.1, 0.15) is 0 Å². The molecule has 0 atom stereocenters. The Bertz CT molecular complexity index is 752. The van der Waals surface area contributed by atoms with Crippen LogP contribution in [0.25, 0.3) is 0 Å². The van der Waals surface area contributed by atoms with Gasteiger partial charge < -0.3 is 5.73 Å². The van der Waals surface area contributed by atoms with E-state index in [0.29, 0.717) is 11.4 Å². The van der Waals surface area contributed by atoms with Gasteiger partial charge >= 0.3 is 0 Å². The van der Waals surface area contributed by atoms with Crippen molar-refractivity contribution in [1.29, 1.82) is 0 Å². The SMILES string of the molecule is Cc1cc(CN)cc(S(=O)(=O)NCc2scnc2C)c1C. The first-order chi connectivity index (χ1) is 9.85. The summed E-state index contributed by atoms with van der Waals surface area (Å²) in [4.78, 5) is 5.33. The predicted octanol–water partition coefficient (Wildman–Crippen LogP) is 2.01. The number of aryl methyl sites for hydroxylation is 2. The van der Waals surface area contributed by atoms with E-state index in [9.17, 15) is 8.42 Å². The molecule has 2 aromatic rings. The van der Waals surface area contributed by atoms with E-state index in [4.69, 9.17) is 5.73 Å². The molecule has 21 heavy (non-hydrogen) atoms. The zero-order valence-corrected chi connectivity index (χ0v) is 13.9. The molecule has 5 nitrogen and oxygen atoms in total. The minimum atomic E-state index is -3.57. The van der Waals surface area contributed by atoms with E-state index < -0.39 is 10.0 Å². The molecule has 3 N–H and O–H groups in total. The summed E-state index contributed by atoms with van der Waals surface area (Å²) in [6.07, 6.45) is 0. The number of benzene rings is 1. The third-order valence-corrected chi connectivity index (χ3v) is 5.93. The molecule has 0 unspecified atom stereocenters. The van der Waals surface area contributed by atoms with Gasteiger partial charge in [-0.1, -0.05) is 6.07 Å². The number of rotatable bonds is 5. The number of sulfonamides is 1. The Labute approximate surface area is 129 Å². The lowest BCUT2D eigenvalue weighted by Gasteiger charge is -2.13. The first-order valence-corrected chi connectivity index (χ1v) is 8.90. The summed E-state index contributed by atoms with van der Waals surface area (Å²) in [6, 6.07) is 3.56. The molecule has 114 valence electrons. The molecule has 0 aliphatic carbocycles. The van der Waals surface area contributed by atoms with Crippen LogP contribution in [0.1, 0.15) is 27.3 Å². The lowest BCUT2D eigenvalue weighted by Crippen LogP contribution is -2.24. The topological polar surface area (TPSA) is 85.1 Å². The molecule has 0 radical (unpaired) electrons.